The number of carbonyl (C=O) groups excluding carboxylic acids is 2. The van der Waals surface area contributed by atoms with Crippen LogP contribution in [0, 0.1) is 11.3 Å². The van der Waals surface area contributed by atoms with Gasteiger partial charge in [0.25, 0.3) is 5.91 Å². The van der Waals surface area contributed by atoms with Crippen molar-refractivity contribution >= 4 is 17.8 Å². The number of ether oxygens (including phenoxy) is 1. The second-order valence-corrected chi connectivity index (χ2v) is 6.11. The highest BCUT2D eigenvalue weighted by atomic mass is 16.5. The van der Waals surface area contributed by atoms with Gasteiger partial charge in [-0.3, -0.25) is 9.59 Å². The number of nitrogens with one attached hydrogen (secondary N) is 1. The van der Waals surface area contributed by atoms with E-state index in [1.54, 1.807) is 24.0 Å². The van der Waals surface area contributed by atoms with Gasteiger partial charge in [0, 0.05) is 18.7 Å². The van der Waals surface area contributed by atoms with Crippen molar-refractivity contribution in [1.82, 2.24) is 10.2 Å². The number of aliphatic carboxylic acids is 1. The molecule has 1 fully saturated rings. The van der Waals surface area contributed by atoms with Gasteiger partial charge in [-0.2, -0.15) is 5.26 Å². The number of rotatable bonds is 6. The van der Waals surface area contributed by atoms with E-state index in [-0.39, 0.29) is 24.5 Å². The fourth-order valence-corrected chi connectivity index (χ4v) is 2.74. The first-order valence-corrected chi connectivity index (χ1v) is 8.34. The molecule has 1 saturated heterocycles. The molecule has 0 radical (unpaired) electrons. The zero-order valence-electron chi connectivity index (χ0n) is 14.5. The first-order valence-electron chi connectivity index (χ1n) is 8.34. The minimum absolute atomic E-state index is 0.168. The Morgan fingerprint density at radius 1 is 1.31 bits per heavy atom. The van der Waals surface area contributed by atoms with Crippen molar-refractivity contribution in [3.05, 3.63) is 35.4 Å². The van der Waals surface area contributed by atoms with E-state index < -0.39 is 12.0 Å². The molecule has 0 spiro atoms. The second kappa shape index (κ2) is 8.97. The third kappa shape index (κ3) is 5.29. The van der Waals surface area contributed by atoms with Crippen molar-refractivity contribution in [2.75, 3.05) is 19.7 Å². The average molecular weight is 359 g/mol. The van der Waals surface area contributed by atoms with Gasteiger partial charge in [-0.1, -0.05) is 0 Å². The molecule has 1 aromatic carbocycles. The number of benzene rings is 1. The first kappa shape index (κ1) is 19.4. The molecule has 0 aromatic heterocycles. The lowest BCUT2D eigenvalue weighted by Crippen LogP contribution is -2.50. The van der Waals surface area contributed by atoms with Crippen LogP contribution in [0.25, 0.3) is 0 Å². The summed E-state index contributed by atoms with van der Waals surface area (Å²) in [5.74, 6) is -1.58. The third-order valence-corrected chi connectivity index (χ3v) is 4.19. The fourth-order valence-electron chi connectivity index (χ4n) is 2.74. The topological polar surface area (TPSA) is 120 Å². The predicted octanol–water partition coefficient (Wildman–Crippen LogP) is 0.769. The molecule has 2 N–H and O–H groups in total. The van der Waals surface area contributed by atoms with Gasteiger partial charge in [0.2, 0.25) is 5.91 Å². The Hall–Kier alpha value is -2.92. The van der Waals surface area contributed by atoms with Gasteiger partial charge in [0.05, 0.1) is 17.7 Å². The highest BCUT2D eigenvalue weighted by Crippen LogP contribution is 2.15. The largest absolute Gasteiger partial charge is 0.480 e. The Morgan fingerprint density at radius 2 is 1.92 bits per heavy atom. The number of carboxylic acid groups (broad SMARTS) is 1. The maximum Gasteiger partial charge on any atom is 0.329 e. The number of piperidine rings is 1. The van der Waals surface area contributed by atoms with Crippen molar-refractivity contribution < 1.29 is 24.2 Å². The molecule has 1 aromatic rings. The Kier molecular flexibility index (Phi) is 6.69. The van der Waals surface area contributed by atoms with Gasteiger partial charge in [-0.05, 0) is 44.0 Å². The molecular weight excluding hydrogens is 338 g/mol. The molecule has 1 unspecified atom stereocenters. The number of hydrogen-bond acceptors (Lipinski definition) is 5. The van der Waals surface area contributed by atoms with Crippen LogP contribution in [0.5, 0.6) is 0 Å². The Morgan fingerprint density at radius 3 is 2.46 bits per heavy atom. The minimum atomic E-state index is -1.01. The zero-order valence-corrected chi connectivity index (χ0v) is 14.5. The molecule has 1 heterocycles. The molecule has 2 rings (SSSR count). The van der Waals surface area contributed by atoms with Crippen LogP contribution in [-0.4, -0.2) is 59.6 Å². The van der Waals surface area contributed by atoms with E-state index in [4.69, 9.17) is 15.1 Å². The Bertz CT molecular complexity index is 703. The molecule has 138 valence electrons. The molecule has 1 aliphatic heterocycles. The van der Waals surface area contributed by atoms with E-state index in [0.29, 0.717) is 37.1 Å². The number of carboxylic acids is 1. The van der Waals surface area contributed by atoms with Gasteiger partial charge in [-0.15, -0.1) is 0 Å². The van der Waals surface area contributed by atoms with Crippen LogP contribution in [0.3, 0.4) is 0 Å². The molecule has 0 bridgehead atoms. The van der Waals surface area contributed by atoms with E-state index >= 15 is 0 Å². The van der Waals surface area contributed by atoms with Crippen LogP contribution in [0.1, 0.15) is 35.7 Å². The quantitative estimate of drug-likeness (QED) is 0.774. The highest BCUT2D eigenvalue weighted by molar-refractivity contribution is 5.97. The molecular formula is C18H21N3O5. The van der Waals surface area contributed by atoms with E-state index in [1.165, 1.54) is 12.1 Å². The second-order valence-electron chi connectivity index (χ2n) is 6.11. The lowest BCUT2D eigenvalue weighted by Gasteiger charge is -2.33. The summed E-state index contributed by atoms with van der Waals surface area (Å²) < 4.78 is 5.24. The number of hydrogen-bond donors (Lipinski definition) is 2. The van der Waals surface area contributed by atoms with Gasteiger partial charge in [-0.25, -0.2) is 4.79 Å². The molecule has 8 heteroatoms. The van der Waals surface area contributed by atoms with E-state index in [0.717, 1.165) is 0 Å². The number of nitriles is 1. The predicted molar refractivity (Wildman–Crippen MR) is 91.3 cm³/mol. The van der Waals surface area contributed by atoms with Crippen LogP contribution < -0.4 is 5.32 Å². The minimum Gasteiger partial charge on any atom is -0.480 e. The van der Waals surface area contributed by atoms with E-state index in [1.807, 2.05) is 6.07 Å². The molecule has 0 aliphatic carbocycles. The Labute approximate surface area is 151 Å². The summed E-state index contributed by atoms with van der Waals surface area (Å²) in [4.78, 5) is 36.8. The van der Waals surface area contributed by atoms with Gasteiger partial charge >= 0.3 is 5.97 Å². The third-order valence-electron chi connectivity index (χ3n) is 4.19. The van der Waals surface area contributed by atoms with Crippen molar-refractivity contribution in [2.24, 2.45) is 0 Å². The highest BCUT2D eigenvalue weighted by Gasteiger charge is 2.27. The van der Waals surface area contributed by atoms with Crippen LogP contribution in [-0.2, 0) is 14.3 Å². The number of nitrogens with zero attached hydrogens (tertiary/aromatic N) is 2. The Balaban J connectivity index is 1.82. The van der Waals surface area contributed by atoms with E-state index in [9.17, 15) is 14.4 Å². The lowest BCUT2D eigenvalue weighted by molar-refractivity contribution is -0.147. The van der Waals surface area contributed by atoms with Crippen molar-refractivity contribution in [3.8, 4) is 6.07 Å². The standard InChI is InChI=1S/C18H21N3O5/c1-12(20-17(24)14-4-2-13(10-19)3-5-14)18(25)21-8-6-15(7-9-21)26-11-16(22)23/h2-5,12,15H,6-9,11H2,1H3,(H,20,24)(H,22,23). The molecule has 8 nitrogen and oxygen atoms in total. The van der Waals surface area contributed by atoms with Crippen LogP contribution >= 0.6 is 0 Å². The molecule has 26 heavy (non-hydrogen) atoms. The SMILES string of the molecule is CC(NC(=O)c1ccc(C#N)cc1)C(=O)N1CCC(OCC(=O)O)CC1. The summed E-state index contributed by atoms with van der Waals surface area (Å²) in [6, 6.07) is 7.46. The summed E-state index contributed by atoms with van der Waals surface area (Å²) in [5, 5.41) is 20.0. The molecule has 1 aliphatic rings. The fraction of sp³-hybridized carbons (Fsp3) is 0.444. The molecule has 0 saturated carbocycles. The van der Waals surface area contributed by atoms with Crippen molar-refractivity contribution in [3.63, 3.8) is 0 Å². The van der Waals surface area contributed by atoms with E-state index in [2.05, 4.69) is 5.32 Å². The van der Waals surface area contributed by atoms with Crippen LogP contribution in [0.2, 0.25) is 0 Å². The monoisotopic (exact) mass is 359 g/mol. The smallest absolute Gasteiger partial charge is 0.329 e. The van der Waals surface area contributed by atoms with Crippen LogP contribution in [0.4, 0.5) is 0 Å². The zero-order chi connectivity index (χ0) is 19.1. The normalized spacial score (nSPS) is 15.8. The molecule has 2 amide bonds. The number of carbonyl (C=O) groups is 3. The number of likely N-dealkylation sites (tertiary alicyclic amines) is 1. The number of amides is 2. The maximum absolute atomic E-state index is 12.5. The van der Waals surface area contributed by atoms with Gasteiger partial charge in [0.1, 0.15) is 12.6 Å². The van der Waals surface area contributed by atoms with Crippen LogP contribution in [0.15, 0.2) is 24.3 Å². The summed E-state index contributed by atoms with van der Waals surface area (Å²) in [7, 11) is 0. The summed E-state index contributed by atoms with van der Waals surface area (Å²) in [6.07, 6.45) is 0.962. The average Bonchev–Trinajstić information content (AvgIpc) is 2.66. The summed E-state index contributed by atoms with van der Waals surface area (Å²) in [6.45, 7) is 2.20. The maximum atomic E-state index is 12.5. The lowest BCUT2D eigenvalue weighted by atomic mass is 10.1. The molecule has 1 atom stereocenters. The summed E-state index contributed by atoms with van der Waals surface area (Å²) >= 11 is 0. The van der Waals surface area contributed by atoms with Crippen molar-refractivity contribution in [1.29, 1.82) is 5.26 Å². The van der Waals surface area contributed by atoms with Crippen molar-refractivity contribution in [2.45, 2.75) is 31.9 Å². The van der Waals surface area contributed by atoms with Gasteiger partial charge in [0.15, 0.2) is 0 Å². The van der Waals surface area contributed by atoms with Gasteiger partial charge < -0.3 is 20.1 Å². The summed E-state index contributed by atoms with van der Waals surface area (Å²) in [5.41, 5.74) is 0.836. The first-order chi connectivity index (χ1) is 12.4.